The molecule has 1 N–H and O–H groups in total. The van der Waals surface area contributed by atoms with E-state index in [1.807, 2.05) is 19.1 Å². The van der Waals surface area contributed by atoms with Gasteiger partial charge in [0.15, 0.2) is 0 Å². The number of ether oxygens (including phenoxy) is 1. The van der Waals surface area contributed by atoms with Crippen LogP contribution in [0.5, 0.6) is 5.75 Å². The van der Waals surface area contributed by atoms with E-state index in [0.717, 1.165) is 43.2 Å². The number of hydrogen-bond donors (Lipinski definition) is 1. The predicted molar refractivity (Wildman–Crippen MR) is 117 cm³/mol. The summed E-state index contributed by atoms with van der Waals surface area (Å²) in [6.07, 6.45) is 0.0637. The molecular weight excluding hydrogens is 433 g/mol. The van der Waals surface area contributed by atoms with E-state index >= 15 is 0 Å². The molecule has 0 unspecified atom stereocenters. The first kappa shape index (κ1) is 23.5. The van der Waals surface area contributed by atoms with Crippen LogP contribution < -0.4 is 4.74 Å². The second kappa shape index (κ2) is 9.71. The van der Waals surface area contributed by atoms with Crippen LogP contribution in [0.3, 0.4) is 0 Å². The Bertz CT molecular complexity index is 997. The number of aromatic nitrogens is 1. The van der Waals surface area contributed by atoms with Gasteiger partial charge in [-0.05, 0) is 54.5 Å². The second-order valence-electron chi connectivity index (χ2n) is 9.19. The summed E-state index contributed by atoms with van der Waals surface area (Å²) >= 11 is 0. The SMILES string of the molecule is Cc1cc(CN2CC(C(=O)O)C2)ccc1OCc1ccc(C2CCCCC2)c(C(F)(F)F)n1. The van der Waals surface area contributed by atoms with E-state index < -0.39 is 17.8 Å². The van der Waals surface area contributed by atoms with Gasteiger partial charge >= 0.3 is 12.1 Å². The fourth-order valence-electron chi connectivity index (χ4n) is 4.80. The molecule has 178 valence electrons. The number of carboxylic acid groups (broad SMARTS) is 1. The summed E-state index contributed by atoms with van der Waals surface area (Å²) in [6, 6.07) is 8.89. The lowest BCUT2D eigenvalue weighted by atomic mass is 9.83. The molecule has 8 heteroatoms. The molecule has 0 atom stereocenters. The molecule has 2 fully saturated rings. The molecule has 0 bridgehead atoms. The molecule has 2 aromatic rings. The van der Waals surface area contributed by atoms with Crippen LogP contribution in [-0.4, -0.2) is 34.0 Å². The third-order valence-corrected chi connectivity index (χ3v) is 6.63. The topological polar surface area (TPSA) is 62.7 Å². The van der Waals surface area contributed by atoms with Gasteiger partial charge in [-0.1, -0.05) is 37.5 Å². The molecule has 1 saturated carbocycles. The summed E-state index contributed by atoms with van der Waals surface area (Å²) in [6.45, 7) is 3.58. The lowest BCUT2D eigenvalue weighted by Gasteiger charge is -2.36. The smallest absolute Gasteiger partial charge is 0.433 e. The molecule has 1 aliphatic carbocycles. The van der Waals surface area contributed by atoms with Crippen LogP contribution >= 0.6 is 0 Å². The zero-order chi connectivity index (χ0) is 23.6. The Labute approximate surface area is 191 Å². The minimum atomic E-state index is -4.49. The van der Waals surface area contributed by atoms with E-state index in [2.05, 4.69) is 9.88 Å². The normalized spacial score (nSPS) is 18.2. The van der Waals surface area contributed by atoms with Crippen molar-refractivity contribution in [3.63, 3.8) is 0 Å². The van der Waals surface area contributed by atoms with E-state index in [1.54, 1.807) is 18.2 Å². The zero-order valence-electron chi connectivity index (χ0n) is 18.7. The van der Waals surface area contributed by atoms with Gasteiger partial charge in [-0.15, -0.1) is 0 Å². The number of benzene rings is 1. The number of aryl methyl sites for hydroxylation is 1. The summed E-state index contributed by atoms with van der Waals surface area (Å²) < 4.78 is 47.0. The van der Waals surface area contributed by atoms with Crippen molar-refractivity contribution in [2.45, 2.75) is 64.3 Å². The highest BCUT2D eigenvalue weighted by Crippen LogP contribution is 2.40. The van der Waals surface area contributed by atoms with Crippen molar-refractivity contribution in [3.05, 3.63) is 58.4 Å². The first-order valence-corrected chi connectivity index (χ1v) is 11.4. The predicted octanol–water partition coefficient (Wildman–Crippen LogP) is 5.55. The Kier molecular flexibility index (Phi) is 6.93. The zero-order valence-corrected chi connectivity index (χ0v) is 18.7. The molecular formula is C25H29F3N2O3. The standard InChI is InChI=1S/C25H29F3N2O3/c1-16-11-17(12-30-13-19(14-30)24(31)32)7-10-22(16)33-15-20-8-9-21(18-5-3-2-4-6-18)23(29-20)25(26,27)28/h7-11,18-19H,2-6,12-15H2,1H3,(H,31,32). The highest BCUT2D eigenvalue weighted by Gasteiger charge is 2.38. The first-order valence-electron chi connectivity index (χ1n) is 11.4. The lowest BCUT2D eigenvalue weighted by molar-refractivity contribution is -0.147. The molecule has 4 rings (SSSR count). The number of halogens is 3. The fourth-order valence-corrected chi connectivity index (χ4v) is 4.80. The molecule has 0 spiro atoms. The molecule has 1 aromatic carbocycles. The van der Waals surface area contributed by atoms with Gasteiger partial charge < -0.3 is 9.84 Å². The van der Waals surface area contributed by atoms with Gasteiger partial charge in [-0.3, -0.25) is 9.69 Å². The second-order valence-corrected chi connectivity index (χ2v) is 9.19. The van der Waals surface area contributed by atoms with E-state index in [4.69, 9.17) is 9.84 Å². The van der Waals surface area contributed by atoms with Gasteiger partial charge in [-0.2, -0.15) is 13.2 Å². The number of carboxylic acids is 1. The molecule has 33 heavy (non-hydrogen) atoms. The van der Waals surface area contributed by atoms with Crippen molar-refractivity contribution in [3.8, 4) is 5.75 Å². The monoisotopic (exact) mass is 462 g/mol. The molecule has 5 nitrogen and oxygen atoms in total. The van der Waals surface area contributed by atoms with Crippen LogP contribution in [0.15, 0.2) is 30.3 Å². The van der Waals surface area contributed by atoms with Crippen LogP contribution in [0.1, 0.15) is 66.1 Å². The van der Waals surface area contributed by atoms with Crippen LogP contribution in [0.4, 0.5) is 13.2 Å². The fraction of sp³-hybridized carbons (Fsp3) is 0.520. The largest absolute Gasteiger partial charge is 0.487 e. The van der Waals surface area contributed by atoms with Crippen molar-refractivity contribution >= 4 is 5.97 Å². The number of nitrogens with zero attached hydrogens (tertiary/aromatic N) is 2. The summed E-state index contributed by atoms with van der Waals surface area (Å²) in [5.74, 6) is -0.546. The van der Waals surface area contributed by atoms with Crippen molar-refractivity contribution < 1.29 is 27.8 Å². The van der Waals surface area contributed by atoms with Crippen LogP contribution in [0.2, 0.25) is 0 Å². The van der Waals surface area contributed by atoms with E-state index in [-0.39, 0.29) is 24.1 Å². The maximum absolute atomic E-state index is 13.7. The van der Waals surface area contributed by atoms with Crippen LogP contribution in [0.25, 0.3) is 0 Å². The number of carbonyl (C=O) groups is 1. The Morgan fingerprint density at radius 2 is 1.88 bits per heavy atom. The number of rotatable bonds is 7. The quantitative estimate of drug-likeness (QED) is 0.584. The average Bonchev–Trinajstić information content (AvgIpc) is 2.75. The molecule has 1 aromatic heterocycles. The Morgan fingerprint density at radius 1 is 1.15 bits per heavy atom. The Hall–Kier alpha value is -2.61. The number of alkyl halides is 3. The highest BCUT2D eigenvalue weighted by molar-refractivity contribution is 5.71. The van der Waals surface area contributed by atoms with Gasteiger partial charge in [0.25, 0.3) is 0 Å². The Balaban J connectivity index is 1.40. The Morgan fingerprint density at radius 3 is 2.52 bits per heavy atom. The van der Waals surface area contributed by atoms with Gasteiger partial charge in [0.1, 0.15) is 18.1 Å². The minimum absolute atomic E-state index is 0.0410. The lowest BCUT2D eigenvalue weighted by Crippen LogP contribution is -2.49. The van der Waals surface area contributed by atoms with E-state index in [9.17, 15) is 18.0 Å². The van der Waals surface area contributed by atoms with E-state index in [1.165, 1.54) is 0 Å². The molecule has 0 radical (unpaired) electrons. The highest BCUT2D eigenvalue weighted by atomic mass is 19.4. The summed E-state index contributed by atoms with van der Waals surface area (Å²) in [7, 11) is 0. The van der Waals surface area contributed by atoms with Crippen molar-refractivity contribution in [1.29, 1.82) is 0 Å². The summed E-state index contributed by atoms with van der Waals surface area (Å²) in [4.78, 5) is 16.9. The third kappa shape index (κ3) is 5.66. The van der Waals surface area contributed by atoms with Gasteiger partial charge in [-0.25, -0.2) is 4.98 Å². The van der Waals surface area contributed by atoms with Gasteiger partial charge in [0.2, 0.25) is 0 Å². The molecule has 2 heterocycles. The molecule has 1 aliphatic heterocycles. The maximum Gasteiger partial charge on any atom is 0.433 e. The van der Waals surface area contributed by atoms with Crippen LogP contribution in [-0.2, 0) is 24.1 Å². The maximum atomic E-state index is 13.7. The van der Waals surface area contributed by atoms with Crippen molar-refractivity contribution in [2.75, 3.05) is 13.1 Å². The third-order valence-electron chi connectivity index (χ3n) is 6.63. The number of aliphatic carboxylic acids is 1. The van der Waals surface area contributed by atoms with Gasteiger partial charge in [0.05, 0.1) is 11.6 Å². The summed E-state index contributed by atoms with van der Waals surface area (Å²) in [5, 5.41) is 8.98. The number of pyridine rings is 1. The summed E-state index contributed by atoms with van der Waals surface area (Å²) in [5.41, 5.74) is 1.70. The number of likely N-dealkylation sites (tertiary alicyclic amines) is 1. The number of hydrogen-bond acceptors (Lipinski definition) is 4. The van der Waals surface area contributed by atoms with Crippen molar-refractivity contribution in [1.82, 2.24) is 9.88 Å². The van der Waals surface area contributed by atoms with Crippen molar-refractivity contribution in [2.24, 2.45) is 5.92 Å². The molecule has 0 amide bonds. The average molecular weight is 463 g/mol. The molecule has 2 aliphatic rings. The van der Waals surface area contributed by atoms with E-state index in [0.29, 0.717) is 30.9 Å². The minimum Gasteiger partial charge on any atom is -0.487 e. The van der Waals surface area contributed by atoms with Gasteiger partial charge in [0, 0.05) is 19.6 Å². The first-order chi connectivity index (χ1) is 15.7. The molecule has 1 saturated heterocycles. The van der Waals surface area contributed by atoms with Crippen LogP contribution in [0, 0.1) is 12.8 Å².